The van der Waals surface area contributed by atoms with Gasteiger partial charge >= 0.3 is 0 Å². The second-order valence-electron chi connectivity index (χ2n) is 6.46. The van der Waals surface area contributed by atoms with E-state index in [1.165, 1.54) is 0 Å². The van der Waals surface area contributed by atoms with Crippen molar-refractivity contribution in [2.75, 3.05) is 45.8 Å². The number of carbonyl (C=O) groups is 2. The number of nitrogens with zero attached hydrogens (tertiary/aromatic N) is 3. The van der Waals surface area contributed by atoms with Crippen LogP contribution in [0.5, 0.6) is 0 Å². The molecule has 6 nitrogen and oxygen atoms in total. The smallest absolute Gasteiger partial charge is 0.239 e. The SMILES string of the molecule is CC(C)[C@H](N)C(=O)N1CCN(CC(=O)N2CCCC2)CC1.Cl.Cl. The van der Waals surface area contributed by atoms with Crippen LogP contribution in [-0.4, -0.2) is 78.4 Å². The van der Waals surface area contributed by atoms with Crippen molar-refractivity contribution in [3.05, 3.63) is 0 Å². The van der Waals surface area contributed by atoms with Crippen molar-refractivity contribution < 1.29 is 9.59 Å². The Bertz CT molecular complexity index is 382. The van der Waals surface area contributed by atoms with Gasteiger partial charge in [-0.2, -0.15) is 0 Å². The number of piperazine rings is 1. The molecular formula is C15H30Cl2N4O2. The Morgan fingerprint density at radius 1 is 0.913 bits per heavy atom. The lowest BCUT2D eigenvalue weighted by atomic mass is 10.0. The Hall–Kier alpha value is -0.560. The van der Waals surface area contributed by atoms with Crippen molar-refractivity contribution in [2.45, 2.75) is 32.7 Å². The highest BCUT2D eigenvalue weighted by atomic mass is 35.5. The van der Waals surface area contributed by atoms with Gasteiger partial charge < -0.3 is 15.5 Å². The fourth-order valence-corrected chi connectivity index (χ4v) is 2.88. The second-order valence-corrected chi connectivity index (χ2v) is 6.46. The maximum Gasteiger partial charge on any atom is 0.239 e. The van der Waals surface area contributed by atoms with Crippen LogP contribution in [0.15, 0.2) is 0 Å². The van der Waals surface area contributed by atoms with Gasteiger partial charge in [0.25, 0.3) is 0 Å². The third-order valence-corrected chi connectivity index (χ3v) is 4.50. The van der Waals surface area contributed by atoms with Crippen LogP contribution >= 0.6 is 24.8 Å². The van der Waals surface area contributed by atoms with E-state index < -0.39 is 6.04 Å². The van der Waals surface area contributed by atoms with Crippen molar-refractivity contribution in [2.24, 2.45) is 11.7 Å². The summed E-state index contributed by atoms with van der Waals surface area (Å²) in [4.78, 5) is 30.2. The number of amides is 2. The molecule has 1 atom stereocenters. The van der Waals surface area contributed by atoms with Crippen LogP contribution in [0.1, 0.15) is 26.7 Å². The average Bonchev–Trinajstić information content (AvgIpc) is 3.00. The summed E-state index contributed by atoms with van der Waals surface area (Å²) in [5.74, 6) is 0.425. The lowest BCUT2D eigenvalue weighted by Crippen LogP contribution is -2.55. The molecule has 0 unspecified atom stereocenters. The zero-order valence-electron chi connectivity index (χ0n) is 14.1. The Balaban J connectivity index is 0.00000242. The number of carbonyl (C=O) groups excluding carboxylic acids is 2. The Kier molecular flexibility index (Phi) is 10.1. The molecular weight excluding hydrogens is 339 g/mol. The molecule has 0 aliphatic carbocycles. The Labute approximate surface area is 151 Å². The third-order valence-electron chi connectivity index (χ3n) is 4.50. The molecule has 0 bridgehead atoms. The number of likely N-dealkylation sites (tertiary alicyclic amines) is 1. The molecule has 2 heterocycles. The highest BCUT2D eigenvalue weighted by molar-refractivity contribution is 5.85. The van der Waals surface area contributed by atoms with E-state index in [0.29, 0.717) is 19.6 Å². The topological polar surface area (TPSA) is 69.9 Å². The summed E-state index contributed by atoms with van der Waals surface area (Å²) in [6.45, 7) is 9.09. The van der Waals surface area contributed by atoms with Gasteiger partial charge in [-0.3, -0.25) is 14.5 Å². The molecule has 2 aliphatic rings. The molecule has 0 aromatic carbocycles. The molecule has 0 spiro atoms. The van der Waals surface area contributed by atoms with E-state index in [1.807, 2.05) is 23.6 Å². The second kappa shape index (κ2) is 10.3. The minimum atomic E-state index is -0.414. The first-order valence-electron chi connectivity index (χ1n) is 8.03. The van der Waals surface area contributed by atoms with Gasteiger partial charge in [-0.15, -0.1) is 24.8 Å². The number of hydrogen-bond donors (Lipinski definition) is 1. The van der Waals surface area contributed by atoms with Crippen molar-refractivity contribution in [3.8, 4) is 0 Å². The molecule has 2 saturated heterocycles. The van der Waals surface area contributed by atoms with Gasteiger partial charge in [0.1, 0.15) is 0 Å². The molecule has 2 aliphatic heterocycles. The predicted molar refractivity (Wildman–Crippen MR) is 96.1 cm³/mol. The molecule has 2 N–H and O–H groups in total. The van der Waals surface area contributed by atoms with Gasteiger partial charge in [0.05, 0.1) is 12.6 Å². The molecule has 0 aromatic heterocycles. The van der Waals surface area contributed by atoms with E-state index >= 15 is 0 Å². The predicted octanol–water partition coefficient (Wildman–Crippen LogP) is 0.580. The van der Waals surface area contributed by atoms with Crippen LogP contribution in [0, 0.1) is 5.92 Å². The summed E-state index contributed by atoms with van der Waals surface area (Å²) < 4.78 is 0. The highest BCUT2D eigenvalue weighted by Gasteiger charge is 2.28. The van der Waals surface area contributed by atoms with Gasteiger partial charge in [0, 0.05) is 39.3 Å². The van der Waals surface area contributed by atoms with Crippen LogP contribution in [0.4, 0.5) is 0 Å². The number of hydrogen-bond acceptors (Lipinski definition) is 4. The van der Waals surface area contributed by atoms with Gasteiger partial charge in [-0.1, -0.05) is 13.8 Å². The molecule has 2 rings (SSSR count). The van der Waals surface area contributed by atoms with Crippen molar-refractivity contribution in [1.29, 1.82) is 0 Å². The standard InChI is InChI=1S/C15H28N4O2.2ClH/c1-12(2)14(16)15(21)19-9-7-17(8-10-19)11-13(20)18-5-3-4-6-18;;/h12,14H,3-11,16H2,1-2H3;2*1H/t14-;;/m0../s1. The molecule has 0 aromatic rings. The lowest BCUT2D eigenvalue weighted by molar-refractivity contribution is -0.136. The third kappa shape index (κ3) is 6.10. The number of halogens is 2. The summed E-state index contributed by atoms with van der Waals surface area (Å²) in [6, 6.07) is -0.414. The Morgan fingerprint density at radius 2 is 1.43 bits per heavy atom. The van der Waals surface area contributed by atoms with E-state index in [9.17, 15) is 9.59 Å². The van der Waals surface area contributed by atoms with E-state index in [2.05, 4.69) is 4.90 Å². The molecule has 0 radical (unpaired) electrons. The van der Waals surface area contributed by atoms with Crippen molar-refractivity contribution >= 4 is 36.6 Å². The van der Waals surface area contributed by atoms with Crippen LogP contribution < -0.4 is 5.73 Å². The van der Waals surface area contributed by atoms with Gasteiger partial charge in [0.15, 0.2) is 0 Å². The van der Waals surface area contributed by atoms with Crippen molar-refractivity contribution in [3.63, 3.8) is 0 Å². The van der Waals surface area contributed by atoms with Crippen LogP contribution in [0.3, 0.4) is 0 Å². The molecule has 2 amide bonds. The fourth-order valence-electron chi connectivity index (χ4n) is 2.88. The van der Waals surface area contributed by atoms with Gasteiger partial charge in [-0.25, -0.2) is 0 Å². The van der Waals surface area contributed by atoms with Crippen LogP contribution in [0.2, 0.25) is 0 Å². The highest BCUT2D eigenvalue weighted by Crippen LogP contribution is 2.10. The Morgan fingerprint density at radius 3 is 1.91 bits per heavy atom. The molecule has 8 heteroatoms. The first-order valence-corrected chi connectivity index (χ1v) is 8.03. The first-order chi connectivity index (χ1) is 9.99. The van der Waals surface area contributed by atoms with E-state index in [1.54, 1.807) is 0 Å². The molecule has 136 valence electrons. The largest absolute Gasteiger partial charge is 0.342 e. The summed E-state index contributed by atoms with van der Waals surface area (Å²) in [6.07, 6.45) is 2.25. The van der Waals surface area contributed by atoms with Crippen molar-refractivity contribution in [1.82, 2.24) is 14.7 Å². The van der Waals surface area contributed by atoms with E-state index in [-0.39, 0.29) is 42.5 Å². The normalized spacial score (nSPS) is 20.0. The summed E-state index contributed by atoms with van der Waals surface area (Å²) in [7, 11) is 0. The quantitative estimate of drug-likeness (QED) is 0.787. The maximum absolute atomic E-state index is 12.2. The van der Waals surface area contributed by atoms with Gasteiger partial charge in [-0.05, 0) is 18.8 Å². The number of nitrogens with two attached hydrogens (primary N) is 1. The monoisotopic (exact) mass is 368 g/mol. The van der Waals surface area contributed by atoms with Crippen LogP contribution in [0.25, 0.3) is 0 Å². The average molecular weight is 369 g/mol. The zero-order valence-corrected chi connectivity index (χ0v) is 15.7. The zero-order chi connectivity index (χ0) is 15.4. The molecule has 23 heavy (non-hydrogen) atoms. The summed E-state index contributed by atoms with van der Waals surface area (Å²) >= 11 is 0. The van der Waals surface area contributed by atoms with Gasteiger partial charge in [0.2, 0.25) is 11.8 Å². The van der Waals surface area contributed by atoms with E-state index in [0.717, 1.165) is 39.0 Å². The summed E-state index contributed by atoms with van der Waals surface area (Å²) in [5, 5.41) is 0. The summed E-state index contributed by atoms with van der Waals surface area (Å²) in [5.41, 5.74) is 5.92. The molecule has 0 saturated carbocycles. The maximum atomic E-state index is 12.2. The lowest BCUT2D eigenvalue weighted by Gasteiger charge is -2.36. The minimum Gasteiger partial charge on any atom is -0.342 e. The van der Waals surface area contributed by atoms with E-state index in [4.69, 9.17) is 5.73 Å². The number of rotatable bonds is 4. The minimum absolute atomic E-state index is 0. The molecule has 2 fully saturated rings. The van der Waals surface area contributed by atoms with Crippen LogP contribution in [-0.2, 0) is 9.59 Å². The first kappa shape index (κ1) is 22.4. The fraction of sp³-hybridized carbons (Fsp3) is 0.867.